The third-order valence-electron chi connectivity index (χ3n) is 3.23. The van der Waals surface area contributed by atoms with Crippen molar-refractivity contribution < 1.29 is 19.7 Å². The van der Waals surface area contributed by atoms with Crippen LogP contribution in [0.3, 0.4) is 0 Å². The lowest BCUT2D eigenvalue weighted by Gasteiger charge is -2.22. The lowest BCUT2D eigenvalue weighted by molar-refractivity contribution is 0.0380. The van der Waals surface area contributed by atoms with E-state index in [0.29, 0.717) is 24.4 Å². The first-order valence-electron chi connectivity index (χ1n) is 6.17. The van der Waals surface area contributed by atoms with E-state index in [-0.39, 0.29) is 18.7 Å². The van der Waals surface area contributed by atoms with E-state index < -0.39 is 11.6 Å². The van der Waals surface area contributed by atoms with E-state index in [9.17, 15) is 15.0 Å². The molecular formula is C13H18N2O4. The molecule has 2 heterocycles. The van der Waals surface area contributed by atoms with Crippen LogP contribution in [-0.4, -0.2) is 46.5 Å². The van der Waals surface area contributed by atoms with Crippen molar-refractivity contribution >= 4 is 11.8 Å². The summed E-state index contributed by atoms with van der Waals surface area (Å²) in [5.74, 6) is -0.729. The number of hydrogen-bond donors (Lipinski definition) is 3. The standard InChI is InChI=1S/C13H18N2O4/c1-8-5-9(2)15-11(10(8)12(16)17)14-6-13(18)3-4-19-7-13/h5,18H,3-4,6-7H2,1-2H3,(H,14,15)(H,16,17). The highest BCUT2D eigenvalue weighted by atomic mass is 16.5. The van der Waals surface area contributed by atoms with Crippen LogP contribution < -0.4 is 5.32 Å². The summed E-state index contributed by atoms with van der Waals surface area (Å²) < 4.78 is 5.15. The molecule has 1 saturated heterocycles. The van der Waals surface area contributed by atoms with Crippen molar-refractivity contribution in [2.75, 3.05) is 25.1 Å². The maximum atomic E-state index is 11.3. The van der Waals surface area contributed by atoms with E-state index in [1.54, 1.807) is 19.9 Å². The summed E-state index contributed by atoms with van der Waals surface area (Å²) in [4.78, 5) is 15.5. The van der Waals surface area contributed by atoms with E-state index in [2.05, 4.69) is 10.3 Å². The number of aromatic nitrogens is 1. The molecule has 1 aromatic rings. The summed E-state index contributed by atoms with van der Waals surface area (Å²) in [6, 6.07) is 1.72. The molecule has 0 bridgehead atoms. The van der Waals surface area contributed by atoms with E-state index in [1.807, 2.05) is 0 Å². The smallest absolute Gasteiger partial charge is 0.339 e. The average molecular weight is 266 g/mol. The molecule has 0 radical (unpaired) electrons. The predicted octanol–water partition coefficient (Wildman–Crippen LogP) is 0.960. The van der Waals surface area contributed by atoms with E-state index in [4.69, 9.17) is 4.74 Å². The Morgan fingerprint density at radius 2 is 2.32 bits per heavy atom. The third kappa shape index (κ3) is 3.02. The van der Waals surface area contributed by atoms with Crippen LogP contribution >= 0.6 is 0 Å². The highest BCUT2D eigenvalue weighted by molar-refractivity contribution is 5.94. The van der Waals surface area contributed by atoms with Crippen LogP contribution in [-0.2, 0) is 4.74 Å². The molecule has 1 aromatic heterocycles. The summed E-state index contributed by atoms with van der Waals surface area (Å²) >= 11 is 0. The summed E-state index contributed by atoms with van der Waals surface area (Å²) in [5.41, 5.74) is 0.583. The number of hydrogen-bond acceptors (Lipinski definition) is 5. The van der Waals surface area contributed by atoms with Crippen molar-refractivity contribution in [1.29, 1.82) is 0 Å². The molecule has 0 spiro atoms. The van der Waals surface area contributed by atoms with Gasteiger partial charge in [0.15, 0.2) is 0 Å². The van der Waals surface area contributed by atoms with E-state index in [1.165, 1.54) is 0 Å². The number of carboxylic acid groups (broad SMARTS) is 1. The monoisotopic (exact) mass is 266 g/mol. The molecule has 19 heavy (non-hydrogen) atoms. The second-order valence-electron chi connectivity index (χ2n) is 4.99. The molecule has 0 saturated carbocycles. The highest BCUT2D eigenvalue weighted by Gasteiger charge is 2.32. The molecule has 0 aromatic carbocycles. The molecule has 1 atom stereocenters. The molecule has 0 aliphatic carbocycles. The zero-order chi connectivity index (χ0) is 14.0. The number of pyridine rings is 1. The fourth-order valence-electron chi connectivity index (χ4n) is 2.22. The number of rotatable bonds is 4. The van der Waals surface area contributed by atoms with Crippen LogP contribution in [0.15, 0.2) is 6.07 Å². The first-order chi connectivity index (χ1) is 8.91. The third-order valence-corrected chi connectivity index (χ3v) is 3.23. The molecule has 6 nitrogen and oxygen atoms in total. The number of anilines is 1. The first-order valence-corrected chi connectivity index (χ1v) is 6.17. The van der Waals surface area contributed by atoms with Gasteiger partial charge >= 0.3 is 5.97 Å². The van der Waals surface area contributed by atoms with Gasteiger partial charge in [-0.2, -0.15) is 0 Å². The quantitative estimate of drug-likeness (QED) is 0.752. The van der Waals surface area contributed by atoms with Gasteiger partial charge in [0.25, 0.3) is 0 Å². The van der Waals surface area contributed by atoms with Crippen molar-refractivity contribution in [2.45, 2.75) is 25.9 Å². The minimum Gasteiger partial charge on any atom is -0.478 e. The Balaban J connectivity index is 2.21. The molecule has 1 unspecified atom stereocenters. The molecule has 6 heteroatoms. The number of ether oxygens (including phenoxy) is 1. The van der Waals surface area contributed by atoms with Gasteiger partial charge in [0, 0.05) is 25.3 Å². The van der Waals surface area contributed by atoms with Crippen LogP contribution in [0.2, 0.25) is 0 Å². The number of carboxylic acids is 1. The van der Waals surface area contributed by atoms with E-state index >= 15 is 0 Å². The second kappa shape index (κ2) is 5.14. The Labute approximate surface area is 111 Å². The van der Waals surface area contributed by atoms with Gasteiger partial charge in [0.2, 0.25) is 0 Å². The Bertz CT molecular complexity index is 496. The van der Waals surface area contributed by atoms with Crippen LogP contribution in [0.5, 0.6) is 0 Å². The minimum absolute atomic E-state index is 0.146. The largest absolute Gasteiger partial charge is 0.478 e. The number of aromatic carboxylic acids is 1. The first kappa shape index (κ1) is 13.8. The number of aliphatic hydroxyl groups is 1. The fourth-order valence-corrected chi connectivity index (χ4v) is 2.22. The summed E-state index contributed by atoms with van der Waals surface area (Å²) in [6.07, 6.45) is 0.535. The Hall–Kier alpha value is -1.66. The van der Waals surface area contributed by atoms with Crippen LogP contribution in [0, 0.1) is 13.8 Å². The molecular weight excluding hydrogens is 248 g/mol. The van der Waals surface area contributed by atoms with Gasteiger partial charge in [0.05, 0.1) is 6.61 Å². The Morgan fingerprint density at radius 3 is 2.89 bits per heavy atom. The summed E-state index contributed by atoms with van der Waals surface area (Å²) in [6.45, 7) is 4.54. The molecule has 2 rings (SSSR count). The van der Waals surface area contributed by atoms with Crippen molar-refractivity contribution in [3.8, 4) is 0 Å². The van der Waals surface area contributed by atoms with Crippen LogP contribution in [0.4, 0.5) is 5.82 Å². The van der Waals surface area contributed by atoms with Gasteiger partial charge in [-0.1, -0.05) is 0 Å². The van der Waals surface area contributed by atoms with Crippen molar-refractivity contribution in [1.82, 2.24) is 4.98 Å². The van der Waals surface area contributed by atoms with Crippen LogP contribution in [0.25, 0.3) is 0 Å². The lowest BCUT2D eigenvalue weighted by atomic mass is 10.0. The topological polar surface area (TPSA) is 91.7 Å². The highest BCUT2D eigenvalue weighted by Crippen LogP contribution is 2.22. The maximum Gasteiger partial charge on any atom is 0.339 e. The Kier molecular flexibility index (Phi) is 3.73. The van der Waals surface area contributed by atoms with Gasteiger partial charge in [0.1, 0.15) is 17.0 Å². The van der Waals surface area contributed by atoms with Gasteiger partial charge in [-0.25, -0.2) is 9.78 Å². The normalized spacial score (nSPS) is 22.5. The minimum atomic E-state index is -1.03. The SMILES string of the molecule is Cc1cc(C)c(C(=O)O)c(NCC2(O)CCOC2)n1. The fraction of sp³-hybridized carbons (Fsp3) is 0.538. The predicted molar refractivity (Wildman–Crippen MR) is 69.5 cm³/mol. The molecule has 104 valence electrons. The van der Waals surface area contributed by atoms with Gasteiger partial charge in [-0.3, -0.25) is 0 Å². The number of nitrogens with zero attached hydrogens (tertiary/aromatic N) is 1. The average Bonchev–Trinajstić information content (AvgIpc) is 2.72. The number of carbonyl (C=O) groups is 1. The summed E-state index contributed by atoms with van der Waals surface area (Å²) in [7, 11) is 0. The summed E-state index contributed by atoms with van der Waals surface area (Å²) in [5, 5.41) is 22.3. The number of aryl methyl sites for hydroxylation is 2. The lowest BCUT2D eigenvalue weighted by Crippen LogP contribution is -2.37. The van der Waals surface area contributed by atoms with Gasteiger partial charge in [-0.15, -0.1) is 0 Å². The van der Waals surface area contributed by atoms with E-state index in [0.717, 1.165) is 5.69 Å². The van der Waals surface area contributed by atoms with Crippen molar-refractivity contribution in [3.63, 3.8) is 0 Å². The molecule has 1 fully saturated rings. The molecule has 3 N–H and O–H groups in total. The number of nitrogens with one attached hydrogen (secondary N) is 1. The molecule has 1 aliphatic heterocycles. The molecule has 0 amide bonds. The zero-order valence-electron chi connectivity index (χ0n) is 11.1. The maximum absolute atomic E-state index is 11.3. The van der Waals surface area contributed by atoms with Gasteiger partial charge in [-0.05, 0) is 25.5 Å². The zero-order valence-corrected chi connectivity index (χ0v) is 11.1. The van der Waals surface area contributed by atoms with Crippen molar-refractivity contribution in [2.24, 2.45) is 0 Å². The Morgan fingerprint density at radius 1 is 1.58 bits per heavy atom. The van der Waals surface area contributed by atoms with Crippen LogP contribution in [0.1, 0.15) is 28.0 Å². The van der Waals surface area contributed by atoms with Crippen molar-refractivity contribution in [3.05, 3.63) is 22.9 Å². The van der Waals surface area contributed by atoms with Gasteiger partial charge < -0.3 is 20.3 Å². The molecule has 1 aliphatic rings. The second-order valence-corrected chi connectivity index (χ2v) is 4.99.